The lowest BCUT2D eigenvalue weighted by Gasteiger charge is -2.33. The van der Waals surface area contributed by atoms with Crippen molar-refractivity contribution in [3.8, 4) is 5.75 Å². The number of nitrogens with one attached hydrogen (secondary N) is 1. The average Bonchev–Trinajstić information content (AvgIpc) is 2.54. The summed E-state index contributed by atoms with van der Waals surface area (Å²) in [5.41, 5.74) is 8.60. The monoisotopic (exact) mass is 290 g/mol. The second-order valence-corrected chi connectivity index (χ2v) is 6.09. The van der Waals surface area contributed by atoms with Crippen molar-refractivity contribution < 1.29 is 4.74 Å². The molecule has 3 nitrogen and oxygen atoms in total. The Bertz CT molecular complexity index is 425. The van der Waals surface area contributed by atoms with Crippen LogP contribution in [0.5, 0.6) is 5.75 Å². The fourth-order valence-corrected chi connectivity index (χ4v) is 3.51. The van der Waals surface area contributed by atoms with Crippen LogP contribution < -0.4 is 15.8 Å². The molecule has 0 bridgehead atoms. The van der Waals surface area contributed by atoms with Gasteiger partial charge < -0.3 is 15.8 Å². The van der Waals surface area contributed by atoms with Gasteiger partial charge >= 0.3 is 0 Å². The molecule has 1 aromatic carbocycles. The highest BCUT2D eigenvalue weighted by atomic mass is 16.5. The molecule has 0 heterocycles. The summed E-state index contributed by atoms with van der Waals surface area (Å²) in [6.45, 7) is 4.13. The molecule has 21 heavy (non-hydrogen) atoms. The molecule has 3 heteroatoms. The lowest BCUT2D eigenvalue weighted by molar-refractivity contribution is 0.298. The number of nitrogens with two attached hydrogens (primary N) is 1. The van der Waals surface area contributed by atoms with Crippen molar-refractivity contribution in [1.29, 1.82) is 0 Å². The molecule has 0 spiro atoms. The Balaban J connectivity index is 2.06. The fraction of sp³-hybridized carbons (Fsp3) is 0.667. The van der Waals surface area contributed by atoms with Crippen LogP contribution in [0.25, 0.3) is 0 Å². The van der Waals surface area contributed by atoms with E-state index in [9.17, 15) is 0 Å². The summed E-state index contributed by atoms with van der Waals surface area (Å²) in [5, 5.41) is 3.75. The zero-order valence-electron chi connectivity index (χ0n) is 13.5. The molecule has 2 unspecified atom stereocenters. The van der Waals surface area contributed by atoms with E-state index in [1.54, 1.807) is 7.11 Å². The molecule has 118 valence electrons. The maximum atomic E-state index is 5.71. The van der Waals surface area contributed by atoms with E-state index in [2.05, 4.69) is 30.4 Å². The van der Waals surface area contributed by atoms with E-state index >= 15 is 0 Å². The van der Waals surface area contributed by atoms with Crippen molar-refractivity contribution >= 4 is 0 Å². The first-order valence-electron chi connectivity index (χ1n) is 8.38. The third kappa shape index (κ3) is 4.21. The number of hydrogen-bond donors (Lipinski definition) is 2. The number of hydrogen-bond acceptors (Lipinski definition) is 3. The topological polar surface area (TPSA) is 47.3 Å². The van der Waals surface area contributed by atoms with E-state index < -0.39 is 0 Å². The van der Waals surface area contributed by atoms with Crippen LogP contribution in [-0.2, 0) is 12.8 Å². The molecule has 0 aromatic heterocycles. The lowest BCUT2D eigenvalue weighted by Crippen LogP contribution is -2.39. The van der Waals surface area contributed by atoms with Crippen molar-refractivity contribution in [3.05, 3.63) is 29.3 Å². The molecule has 1 aliphatic carbocycles. The predicted octanol–water partition coefficient (Wildman–Crippen LogP) is 2.91. The molecule has 0 saturated heterocycles. The Morgan fingerprint density at radius 1 is 1.43 bits per heavy atom. The quantitative estimate of drug-likeness (QED) is 0.774. The van der Waals surface area contributed by atoms with E-state index in [-0.39, 0.29) is 0 Å². The van der Waals surface area contributed by atoms with Gasteiger partial charge in [0, 0.05) is 6.04 Å². The van der Waals surface area contributed by atoms with E-state index in [1.165, 1.54) is 36.8 Å². The first-order chi connectivity index (χ1) is 10.3. The van der Waals surface area contributed by atoms with Crippen molar-refractivity contribution in [1.82, 2.24) is 5.32 Å². The Kier molecular flexibility index (Phi) is 6.52. The van der Waals surface area contributed by atoms with Gasteiger partial charge in [0.05, 0.1) is 7.11 Å². The van der Waals surface area contributed by atoms with Crippen LogP contribution in [0.1, 0.15) is 43.7 Å². The normalized spacial score (nSPS) is 19.1. The minimum absolute atomic E-state index is 0.604. The second-order valence-electron chi connectivity index (χ2n) is 6.09. The van der Waals surface area contributed by atoms with Crippen LogP contribution in [0.3, 0.4) is 0 Å². The summed E-state index contributed by atoms with van der Waals surface area (Å²) >= 11 is 0. The fourth-order valence-electron chi connectivity index (χ4n) is 3.51. The summed E-state index contributed by atoms with van der Waals surface area (Å²) in [7, 11) is 1.77. The van der Waals surface area contributed by atoms with E-state index in [0.717, 1.165) is 37.6 Å². The molecule has 3 N–H and O–H groups in total. The van der Waals surface area contributed by atoms with Gasteiger partial charge in [-0.25, -0.2) is 0 Å². The van der Waals surface area contributed by atoms with Gasteiger partial charge in [0.1, 0.15) is 5.75 Å². The molecule has 0 saturated carbocycles. The molecular formula is C18H30N2O. The van der Waals surface area contributed by atoms with E-state index in [1.807, 2.05) is 0 Å². The van der Waals surface area contributed by atoms with Gasteiger partial charge in [-0.1, -0.05) is 19.1 Å². The zero-order chi connectivity index (χ0) is 15.1. The van der Waals surface area contributed by atoms with Crippen LogP contribution in [0.15, 0.2) is 18.2 Å². The smallest absolute Gasteiger partial charge is 0.122 e. The molecule has 0 amide bonds. The minimum atomic E-state index is 0.604. The minimum Gasteiger partial charge on any atom is -0.496 e. The number of methoxy groups -OCH3 is 1. The van der Waals surface area contributed by atoms with Gasteiger partial charge in [0.2, 0.25) is 0 Å². The van der Waals surface area contributed by atoms with Crippen molar-refractivity contribution in [3.63, 3.8) is 0 Å². The van der Waals surface area contributed by atoms with Crippen molar-refractivity contribution in [2.45, 2.75) is 51.5 Å². The van der Waals surface area contributed by atoms with Crippen LogP contribution in [-0.4, -0.2) is 26.2 Å². The van der Waals surface area contributed by atoms with Crippen LogP contribution in [0.4, 0.5) is 0 Å². The highest BCUT2D eigenvalue weighted by Gasteiger charge is 2.26. The second kappa shape index (κ2) is 8.40. The largest absolute Gasteiger partial charge is 0.496 e. The van der Waals surface area contributed by atoms with Gasteiger partial charge in [0.15, 0.2) is 0 Å². The Hall–Kier alpha value is -1.06. The molecule has 1 aromatic rings. The highest BCUT2D eigenvalue weighted by molar-refractivity contribution is 5.42. The summed E-state index contributed by atoms with van der Waals surface area (Å²) in [4.78, 5) is 0. The Morgan fingerprint density at radius 3 is 3.00 bits per heavy atom. The van der Waals surface area contributed by atoms with Crippen LogP contribution in [0.2, 0.25) is 0 Å². The first-order valence-corrected chi connectivity index (χ1v) is 8.38. The third-order valence-electron chi connectivity index (χ3n) is 4.64. The summed E-state index contributed by atoms with van der Waals surface area (Å²) < 4.78 is 5.51. The van der Waals surface area contributed by atoms with Gasteiger partial charge in [-0.3, -0.25) is 0 Å². The number of rotatable bonds is 8. The average molecular weight is 290 g/mol. The molecule has 0 fully saturated rings. The van der Waals surface area contributed by atoms with Gasteiger partial charge in [-0.15, -0.1) is 0 Å². The summed E-state index contributed by atoms with van der Waals surface area (Å²) in [6.07, 6.45) is 7.05. The molecular weight excluding hydrogens is 260 g/mol. The lowest BCUT2D eigenvalue weighted by atomic mass is 9.78. The molecule has 0 radical (unpaired) electrons. The Labute approximate surface area is 129 Å². The number of benzene rings is 1. The summed E-state index contributed by atoms with van der Waals surface area (Å²) in [5.74, 6) is 1.79. The summed E-state index contributed by atoms with van der Waals surface area (Å²) in [6, 6.07) is 7.08. The predicted molar refractivity (Wildman–Crippen MR) is 88.9 cm³/mol. The maximum absolute atomic E-state index is 5.71. The number of ether oxygens (including phenoxy) is 1. The van der Waals surface area contributed by atoms with Gasteiger partial charge in [-0.05, 0) is 74.7 Å². The molecule has 1 aliphatic rings. The van der Waals surface area contributed by atoms with Gasteiger partial charge in [-0.2, -0.15) is 0 Å². The molecule has 2 atom stereocenters. The standard InChI is InChI=1S/C18H30N2O/c1-3-12-20-17(7-5-11-19)15-9-10-16-14(13-15)6-4-8-18(16)21-2/h4,6,8,15,17,20H,3,5,7,9-13,19H2,1-2H3. The van der Waals surface area contributed by atoms with Gasteiger partial charge in [0.25, 0.3) is 0 Å². The SMILES string of the molecule is CCCNC(CCCN)C1CCc2c(cccc2OC)C1. The third-order valence-corrected chi connectivity index (χ3v) is 4.64. The van der Waals surface area contributed by atoms with Crippen molar-refractivity contribution in [2.75, 3.05) is 20.2 Å². The van der Waals surface area contributed by atoms with Crippen molar-refractivity contribution in [2.24, 2.45) is 11.7 Å². The first kappa shape index (κ1) is 16.3. The molecule has 2 rings (SSSR count). The Morgan fingerprint density at radius 2 is 2.29 bits per heavy atom. The highest BCUT2D eigenvalue weighted by Crippen LogP contribution is 2.34. The van der Waals surface area contributed by atoms with Crippen LogP contribution >= 0.6 is 0 Å². The van der Waals surface area contributed by atoms with E-state index in [4.69, 9.17) is 10.5 Å². The maximum Gasteiger partial charge on any atom is 0.122 e. The van der Waals surface area contributed by atoms with E-state index in [0.29, 0.717) is 6.04 Å². The van der Waals surface area contributed by atoms with Crippen LogP contribution in [0, 0.1) is 5.92 Å². The zero-order valence-corrected chi connectivity index (χ0v) is 13.5. The number of fused-ring (bicyclic) bond motifs is 1. The molecule has 0 aliphatic heterocycles.